The van der Waals surface area contributed by atoms with E-state index in [9.17, 15) is 18.0 Å². The van der Waals surface area contributed by atoms with Crippen LogP contribution in [0.25, 0.3) is 0 Å². The van der Waals surface area contributed by atoms with Crippen LogP contribution in [0.1, 0.15) is 49.9 Å². The molecule has 1 heterocycles. The van der Waals surface area contributed by atoms with Crippen LogP contribution in [0.3, 0.4) is 0 Å². The van der Waals surface area contributed by atoms with Crippen LogP contribution in [-0.2, 0) is 14.8 Å². The topological polar surface area (TPSA) is 86.8 Å². The van der Waals surface area contributed by atoms with Crippen molar-refractivity contribution < 1.29 is 18.0 Å². The molecule has 154 valence electrons. The third-order valence-electron chi connectivity index (χ3n) is 5.85. The third kappa shape index (κ3) is 4.55. The van der Waals surface area contributed by atoms with Gasteiger partial charge in [-0.05, 0) is 37.0 Å². The van der Waals surface area contributed by atoms with E-state index in [4.69, 9.17) is 0 Å². The average molecular weight is 408 g/mol. The Morgan fingerprint density at radius 1 is 1.07 bits per heavy atom. The number of hydrogen-bond donors (Lipinski definition) is 1. The minimum Gasteiger partial charge on any atom is -0.349 e. The van der Waals surface area contributed by atoms with Crippen molar-refractivity contribution >= 4 is 21.8 Å². The summed E-state index contributed by atoms with van der Waals surface area (Å²) < 4.78 is 27.3. The number of benzene rings is 1. The smallest absolute Gasteiger partial charge is 0.251 e. The van der Waals surface area contributed by atoms with Crippen LogP contribution < -0.4 is 5.32 Å². The maximum atomic E-state index is 13.0. The number of carbonyl (C=O) groups is 2. The monoisotopic (exact) mass is 407 g/mol. The largest absolute Gasteiger partial charge is 0.349 e. The highest BCUT2D eigenvalue weighted by Crippen LogP contribution is 2.24. The number of amides is 2. The van der Waals surface area contributed by atoms with Crippen LogP contribution in [0.5, 0.6) is 0 Å². The molecular weight excluding hydrogens is 378 g/mol. The van der Waals surface area contributed by atoms with Gasteiger partial charge in [-0.3, -0.25) is 9.59 Å². The molecule has 7 nitrogen and oxygen atoms in total. The first-order valence-electron chi connectivity index (χ1n) is 9.95. The zero-order chi connectivity index (χ0) is 20.3. The number of piperazine rings is 1. The molecule has 2 aliphatic rings. The molecule has 1 aliphatic heterocycles. The van der Waals surface area contributed by atoms with E-state index in [2.05, 4.69) is 12.2 Å². The molecular formula is C20H29N3O4S. The van der Waals surface area contributed by atoms with Gasteiger partial charge in [-0.25, -0.2) is 8.42 Å². The minimum absolute atomic E-state index is 0.0485. The quantitative estimate of drug-likeness (QED) is 0.825. The minimum atomic E-state index is -3.70. The summed E-state index contributed by atoms with van der Waals surface area (Å²) in [5.74, 6) is 0.159. The fourth-order valence-electron chi connectivity index (χ4n) is 3.97. The van der Waals surface area contributed by atoms with Crippen molar-refractivity contribution in [3.05, 3.63) is 29.8 Å². The molecule has 8 heteroatoms. The van der Waals surface area contributed by atoms with Gasteiger partial charge in [0.15, 0.2) is 0 Å². The molecule has 0 bridgehead atoms. The molecule has 1 N–H and O–H groups in total. The molecule has 2 amide bonds. The zero-order valence-corrected chi connectivity index (χ0v) is 17.4. The van der Waals surface area contributed by atoms with Crippen molar-refractivity contribution in [1.82, 2.24) is 14.5 Å². The second-order valence-electron chi connectivity index (χ2n) is 7.78. The average Bonchev–Trinajstić information content (AvgIpc) is 2.70. The lowest BCUT2D eigenvalue weighted by molar-refractivity contribution is -0.129. The Balaban J connectivity index is 1.71. The van der Waals surface area contributed by atoms with Crippen LogP contribution in [0.4, 0.5) is 0 Å². The summed E-state index contributed by atoms with van der Waals surface area (Å²) in [5.41, 5.74) is 0.362. The molecule has 0 radical (unpaired) electrons. The molecule has 2 atom stereocenters. The number of hydrogen-bond acceptors (Lipinski definition) is 4. The van der Waals surface area contributed by atoms with Crippen molar-refractivity contribution in [2.45, 2.75) is 50.5 Å². The Bertz CT molecular complexity index is 832. The van der Waals surface area contributed by atoms with Gasteiger partial charge in [-0.2, -0.15) is 4.31 Å². The summed E-state index contributed by atoms with van der Waals surface area (Å²) >= 11 is 0. The zero-order valence-electron chi connectivity index (χ0n) is 16.6. The van der Waals surface area contributed by atoms with E-state index < -0.39 is 10.0 Å². The van der Waals surface area contributed by atoms with Crippen molar-refractivity contribution in [3.63, 3.8) is 0 Å². The van der Waals surface area contributed by atoms with Crippen LogP contribution in [0.15, 0.2) is 29.2 Å². The van der Waals surface area contributed by atoms with Crippen LogP contribution in [0, 0.1) is 5.92 Å². The van der Waals surface area contributed by atoms with Gasteiger partial charge in [-0.1, -0.05) is 25.8 Å². The van der Waals surface area contributed by atoms with Gasteiger partial charge in [0, 0.05) is 44.7 Å². The van der Waals surface area contributed by atoms with E-state index in [0.717, 1.165) is 19.3 Å². The highest BCUT2D eigenvalue weighted by Gasteiger charge is 2.30. The fourth-order valence-corrected chi connectivity index (χ4v) is 5.44. The molecule has 0 spiro atoms. The lowest BCUT2D eigenvalue weighted by atomic mass is 9.86. The number of nitrogens with zero attached hydrogens (tertiary/aromatic N) is 2. The molecule has 0 unspecified atom stereocenters. The number of sulfonamides is 1. The molecule has 0 aromatic heterocycles. The normalized spacial score (nSPS) is 24.0. The second kappa shape index (κ2) is 8.61. The molecule has 1 saturated heterocycles. The third-order valence-corrected chi connectivity index (χ3v) is 7.74. The van der Waals surface area contributed by atoms with Crippen molar-refractivity contribution in [2.75, 3.05) is 26.2 Å². The summed E-state index contributed by atoms with van der Waals surface area (Å²) in [4.78, 5) is 25.9. The molecule has 1 aromatic carbocycles. The first-order valence-corrected chi connectivity index (χ1v) is 11.4. The van der Waals surface area contributed by atoms with Gasteiger partial charge < -0.3 is 10.2 Å². The Morgan fingerprint density at radius 2 is 1.75 bits per heavy atom. The van der Waals surface area contributed by atoms with Gasteiger partial charge in [-0.15, -0.1) is 0 Å². The van der Waals surface area contributed by atoms with Crippen molar-refractivity contribution in [2.24, 2.45) is 5.92 Å². The predicted octanol–water partition coefficient (Wildman–Crippen LogP) is 1.85. The van der Waals surface area contributed by atoms with E-state index in [1.807, 2.05) is 0 Å². The summed E-state index contributed by atoms with van der Waals surface area (Å²) in [6.07, 6.45) is 4.37. The molecule has 28 heavy (non-hydrogen) atoms. The Labute approximate surface area is 167 Å². The number of nitrogens with one attached hydrogen (secondary N) is 1. The Kier molecular flexibility index (Phi) is 6.40. The van der Waals surface area contributed by atoms with Gasteiger partial charge in [0.1, 0.15) is 0 Å². The van der Waals surface area contributed by atoms with Gasteiger partial charge in [0.25, 0.3) is 5.91 Å². The van der Waals surface area contributed by atoms with Crippen LogP contribution in [0.2, 0.25) is 0 Å². The van der Waals surface area contributed by atoms with E-state index in [-0.39, 0.29) is 35.8 Å². The molecule has 1 saturated carbocycles. The number of rotatable bonds is 4. The van der Waals surface area contributed by atoms with Gasteiger partial charge in [0.2, 0.25) is 15.9 Å². The van der Waals surface area contributed by atoms with Crippen molar-refractivity contribution in [1.29, 1.82) is 0 Å². The Morgan fingerprint density at radius 3 is 2.39 bits per heavy atom. The van der Waals surface area contributed by atoms with E-state index in [0.29, 0.717) is 24.6 Å². The first-order chi connectivity index (χ1) is 13.3. The summed E-state index contributed by atoms with van der Waals surface area (Å²) in [5, 5.41) is 3.07. The van der Waals surface area contributed by atoms with Gasteiger partial charge >= 0.3 is 0 Å². The Hall–Kier alpha value is -1.93. The van der Waals surface area contributed by atoms with E-state index >= 15 is 0 Å². The van der Waals surface area contributed by atoms with Gasteiger partial charge in [0.05, 0.1) is 4.90 Å². The first kappa shape index (κ1) is 20.8. The standard InChI is InChI=1S/C20H29N3O4S/c1-15-6-3-4-9-19(15)21-20(25)17-7-5-8-18(14-17)28(26,27)23-12-10-22(11-13-23)16(2)24/h5,7-8,14-15,19H,3-4,6,9-13H2,1-2H3,(H,21,25)/t15-,19+/m0/s1. The van der Waals surface area contributed by atoms with Crippen molar-refractivity contribution in [3.8, 4) is 0 Å². The summed E-state index contributed by atoms with van der Waals surface area (Å²) in [6.45, 7) is 4.92. The molecule has 1 aromatic rings. The number of carbonyl (C=O) groups excluding carboxylic acids is 2. The highest BCUT2D eigenvalue weighted by molar-refractivity contribution is 7.89. The predicted molar refractivity (Wildman–Crippen MR) is 106 cm³/mol. The van der Waals surface area contributed by atoms with Crippen LogP contribution >= 0.6 is 0 Å². The SMILES string of the molecule is CC(=O)N1CCN(S(=O)(=O)c2cccc(C(=O)N[C@@H]3CCCC[C@@H]3C)c2)CC1. The summed E-state index contributed by atoms with van der Waals surface area (Å²) in [7, 11) is -3.70. The molecule has 1 aliphatic carbocycles. The lowest BCUT2D eigenvalue weighted by Gasteiger charge is -2.33. The second-order valence-corrected chi connectivity index (χ2v) is 9.72. The molecule has 3 rings (SSSR count). The maximum Gasteiger partial charge on any atom is 0.251 e. The van der Waals surface area contributed by atoms with Crippen LogP contribution in [-0.4, -0.2) is 61.7 Å². The fraction of sp³-hybridized carbons (Fsp3) is 0.600. The van der Waals surface area contributed by atoms with E-state index in [1.165, 1.54) is 29.8 Å². The lowest BCUT2D eigenvalue weighted by Crippen LogP contribution is -2.49. The van der Waals surface area contributed by atoms with E-state index in [1.54, 1.807) is 17.0 Å². The summed E-state index contributed by atoms with van der Waals surface area (Å²) in [6, 6.07) is 6.37. The highest BCUT2D eigenvalue weighted by atomic mass is 32.2. The maximum absolute atomic E-state index is 13.0. The molecule has 2 fully saturated rings.